The minimum atomic E-state index is -0.762. The second kappa shape index (κ2) is 4.64. The van der Waals surface area contributed by atoms with E-state index in [1.165, 1.54) is 0 Å². The van der Waals surface area contributed by atoms with Crippen molar-refractivity contribution in [2.24, 2.45) is 11.7 Å². The van der Waals surface area contributed by atoms with Crippen LogP contribution in [-0.2, 0) is 9.59 Å². The third-order valence-corrected chi connectivity index (χ3v) is 3.96. The van der Waals surface area contributed by atoms with Crippen molar-refractivity contribution in [1.82, 2.24) is 4.90 Å². The van der Waals surface area contributed by atoms with E-state index in [2.05, 4.69) is 0 Å². The Labute approximate surface area is 101 Å². The monoisotopic (exact) mass is 240 g/mol. The van der Waals surface area contributed by atoms with Crippen molar-refractivity contribution in [3.8, 4) is 0 Å². The van der Waals surface area contributed by atoms with Crippen LogP contribution >= 0.6 is 0 Å². The highest BCUT2D eigenvalue weighted by Gasteiger charge is 2.50. The summed E-state index contributed by atoms with van der Waals surface area (Å²) in [6.45, 7) is 1.88. The predicted molar refractivity (Wildman–Crippen MR) is 62.3 cm³/mol. The first kappa shape index (κ1) is 12.4. The highest BCUT2D eigenvalue weighted by Crippen LogP contribution is 2.42. The van der Waals surface area contributed by atoms with Gasteiger partial charge in [0.2, 0.25) is 5.91 Å². The van der Waals surface area contributed by atoms with E-state index in [1.54, 1.807) is 0 Å². The van der Waals surface area contributed by atoms with Crippen molar-refractivity contribution in [2.75, 3.05) is 0 Å². The van der Waals surface area contributed by atoms with Gasteiger partial charge in [-0.1, -0.05) is 0 Å². The smallest absolute Gasteiger partial charge is 0.308 e. The van der Waals surface area contributed by atoms with Crippen LogP contribution in [0.1, 0.15) is 39.0 Å². The second-order valence-electron chi connectivity index (χ2n) is 5.30. The number of aliphatic carboxylic acids is 1. The molecule has 2 aliphatic rings. The van der Waals surface area contributed by atoms with Crippen LogP contribution in [0.2, 0.25) is 0 Å². The molecule has 5 heteroatoms. The zero-order chi connectivity index (χ0) is 12.6. The third-order valence-electron chi connectivity index (χ3n) is 3.96. The molecular formula is C12H20N2O3. The molecule has 2 aliphatic heterocycles. The van der Waals surface area contributed by atoms with Crippen molar-refractivity contribution in [2.45, 2.75) is 57.2 Å². The molecule has 17 heavy (non-hydrogen) atoms. The molecule has 2 fully saturated rings. The largest absolute Gasteiger partial charge is 0.481 e. The fourth-order valence-corrected chi connectivity index (χ4v) is 3.12. The Morgan fingerprint density at radius 3 is 2.71 bits per heavy atom. The lowest BCUT2D eigenvalue weighted by atomic mass is 9.89. The zero-order valence-corrected chi connectivity index (χ0v) is 10.1. The molecule has 3 N–H and O–H groups in total. The van der Waals surface area contributed by atoms with E-state index < -0.39 is 5.97 Å². The van der Waals surface area contributed by atoms with Crippen LogP contribution in [0, 0.1) is 5.92 Å². The Hall–Kier alpha value is -1.10. The van der Waals surface area contributed by atoms with Gasteiger partial charge in [-0.15, -0.1) is 0 Å². The summed E-state index contributed by atoms with van der Waals surface area (Å²) in [4.78, 5) is 24.9. The number of amides is 1. The van der Waals surface area contributed by atoms with Crippen LogP contribution in [-0.4, -0.2) is 40.0 Å². The number of hydrogen-bond acceptors (Lipinski definition) is 3. The van der Waals surface area contributed by atoms with Crippen LogP contribution in [0.15, 0.2) is 0 Å². The maximum absolute atomic E-state index is 12.1. The fourth-order valence-electron chi connectivity index (χ4n) is 3.12. The van der Waals surface area contributed by atoms with Crippen LogP contribution in [0.25, 0.3) is 0 Å². The lowest BCUT2D eigenvalue weighted by molar-refractivity contribution is -0.143. The van der Waals surface area contributed by atoms with Gasteiger partial charge in [0.1, 0.15) is 0 Å². The van der Waals surface area contributed by atoms with Gasteiger partial charge in [-0.25, -0.2) is 0 Å². The molecule has 0 spiro atoms. The summed E-state index contributed by atoms with van der Waals surface area (Å²) in [6, 6.07) is 0.106. The molecule has 0 aromatic rings. The lowest BCUT2D eigenvalue weighted by Gasteiger charge is -2.23. The average molecular weight is 240 g/mol. The molecule has 0 saturated carbocycles. The predicted octanol–water partition coefficient (Wildman–Crippen LogP) is 0.578. The van der Waals surface area contributed by atoms with Crippen molar-refractivity contribution in [3.05, 3.63) is 0 Å². The first-order valence-electron chi connectivity index (χ1n) is 6.30. The summed E-state index contributed by atoms with van der Waals surface area (Å²) in [5.74, 6) is -1.03. The van der Waals surface area contributed by atoms with Gasteiger partial charge in [0, 0.05) is 24.5 Å². The van der Waals surface area contributed by atoms with E-state index in [-0.39, 0.29) is 30.0 Å². The molecular weight excluding hydrogens is 220 g/mol. The number of nitrogens with zero attached hydrogens (tertiary/aromatic N) is 1. The molecule has 0 radical (unpaired) electrons. The topological polar surface area (TPSA) is 83.6 Å². The Morgan fingerprint density at radius 1 is 1.47 bits per heavy atom. The average Bonchev–Trinajstić information content (AvgIpc) is 2.82. The Morgan fingerprint density at radius 2 is 2.18 bits per heavy atom. The van der Waals surface area contributed by atoms with Crippen LogP contribution in [0.4, 0.5) is 0 Å². The molecule has 1 amide bonds. The number of fused-ring (bicyclic) bond motifs is 2. The Balaban J connectivity index is 1.98. The van der Waals surface area contributed by atoms with Gasteiger partial charge < -0.3 is 15.7 Å². The summed E-state index contributed by atoms with van der Waals surface area (Å²) in [5, 5.41) is 9.10. The van der Waals surface area contributed by atoms with Gasteiger partial charge in [0.25, 0.3) is 0 Å². The van der Waals surface area contributed by atoms with Crippen molar-refractivity contribution in [3.63, 3.8) is 0 Å². The Kier molecular flexibility index (Phi) is 3.38. The molecule has 0 aromatic heterocycles. The third kappa shape index (κ3) is 2.29. The van der Waals surface area contributed by atoms with Gasteiger partial charge >= 0.3 is 5.97 Å². The number of carbonyl (C=O) groups excluding carboxylic acids is 1. The first-order chi connectivity index (χ1) is 8.00. The number of carboxylic acid groups (broad SMARTS) is 1. The fraction of sp³-hybridized carbons (Fsp3) is 0.833. The minimum Gasteiger partial charge on any atom is -0.481 e. The molecule has 2 saturated heterocycles. The molecule has 96 valence electrons. The maximum Gasteiger partial charge on any atom is 0.308 e. The second-order valence-corrected chi connectivity index (χ2v) is 5.30. The number of rotatable bonds is 4. The van der Waals surface area contributed by atoms with Crippen molar-refractivity contribution >= 4 is 11.9 Å². The summed E-state index contributed by atoms with van der Waals surface area (Å²) in [7, 11) is 0. The molecule has 2 bridgehead atoms. The van der Waals surface area contributed by atoms with E-state index in [4.69, 9.17) is 10.8 Å². The van der Waals surface area contributed by atoms with Crippen LogP contribution in [0.3, 0.4) is 0 Å². The van der Waals surface area contributed by atoms with E-state index in [1.807, 2.05) is 11.8 Å². The summed E-state index contributed by atoms with van der Waals surface area (Å²) in [6.07, 6.45) is 3.54. The molecule has 5 nitrogen and oxygen atoms in total. The van der Waals surface area contributed by atoms with Crippen molar-refractivity contribution in [1.29, 1.82) is 0 Å². The molecule has 0 aromatic carbocycles. The summed E-state index contributed by atoms with van der Waals surface area (Å²) in [5.41, 5.74) is 5.63. The highest BCUT2D eigenvalue weighted by molar-refractivity contribution is 5.80. The quantitative estimate of drug-likeness (QED) is 0.752. The molecule has 4 unspecified atom stereocenters. The molecule has 0 aliphatic carbocycles. The maximum atomic E-state index is 12.1. The normalized spacial score (nSPS) is 32.8. The SMILES string of the molecule is CC(N)CCC(=O)N1C2CCC1C(C(=O)O)C2. The van der Waals surface area contributed by atoms with E-state index in [0.29, 0.717) is 19.3 Å². The number of hydrogen-bond donors (Lipinski definition) is 2. The summed E-state index contributed by atoms with van der Waals surface area (Å²) < 4.78 is 0. The van der Waals surface area contributed by atoms with Gasteiger partial charge in [-0.2, -0.15) is 0 Å². The lowest BCUT2D eigenvalue weighted by Crippen LogP contribution is -2.38. The number of nitrogens with two attached hydrogens (primary N) is 1. The summed E-state index contributed by atoms with van der Waals surface area (Å²) >= 11 is 0. The molecule has 2 heterocycles. The number of carboxylic acids is 1. The molecule has 4 atom stereocenters. The Bertz CT molecular complexity index is 330. The number of carbonyl (C=O) groups is 2. The molecule has 2 rings (SSSR count). The zero-order valence-electron chi connectivity index (χ0n) is 10.1. The van der Waals surface area contributed by atoms with Crippen LogP contribution in [0.5, 0.6) is 0 Å². The van der Waals surface area contributed by atoms with Gasteiger partial charge in [-0.3, -0.25) is 9.59 Å². The van der Waals surface area contributed by atoms with Gasteiger partial charge in [0.15, 0.2) is 0 Å². The standard InChI is InChI=1S/C12H20N2O3/c1-7(13)2-5-11(15)14-8-3-4-10(14)9(6-8)12(16)17/h7-10H,2-6,13H2,1H3,(H,16,17). The van der Waals surface area contributed by atoms with Gasteiger partial charge in [-0.05, 0) is 32.6 Å². The first-order valence-corrected chi connectivity index (χ1v) is 6.30. The highest BCUT2D eigenvalue weighted by atomic mass is 16.4. The van der Waals surface area contributed by atoms with E-state index in [0.717, 1.165) is 12.8 Å². The van der Waals surface area contributed by atoms with Crippen LogP contribution < -0.4 is 5.73 Å². The van der Waals surface area contributed by atoms with Crippen molar-refractivity contribution < 1.29 is 14.7 Å². The van der Waals surface area contributed by atoms with Gasteiger partial charge in [0.05, 0.1) is 5.92 Å². The van der Waals surface area contributed by atoms with E-state index in [9.17, 15) is 9.59 Å². The minimum absolute atomic E-state index is 0.0227. The van der Waals surface area contributed by atoms with E-state index >= 15 is 0 Å².